The van der Waals surface area contributed by atoms with E-state index in [9.17, 15) is 28.0 Å². The maximum Gasteiger partial charge on any atom is 0.405 e. The number of imidazole rings is 1. The first-order valence-electron chi connectivity index (χ1n) is 13.5. The van der Waals surface area contributed by atoms with Crippen molar-refractivity contribution in [1.29, 1.82) is 10.7 Å². The highest BCUT2D eigenvalue weighted by Crippen LogP contribution is 2.29. The van der Waals surface area contributed by atoms with E-state index in [4.69, 9.17) is 5.41 Å². The van der Waals surface area contributed by atoms with Crippen LogP contribution in [-0.4, -0.2) is 75.7 Å². The van der Waals surface area contributed by atoms with Crippen molar-refractivity contribution in [1.82, 2.24) is 35.4 Å². The molecule has 0 radical (unpaired) electrons. The Labute approximate surface area is 244 Å². The molecule has 1 saturated carbocycles. The van der Waals surface area contributed by atoms with Crippen molar-refractivity contribution in [3.05, 3.63) is 54.5 Å². The number of allylic oxidation sites excluding steroid dienone is 1. The lowest BCUT2D eigenvalue weighted by atomic mass is 9.87. The summed E-state index contributed by atoms with van der Waals surface area (Å²) in [5, 5.41) is 32.1. The third kappa shape index (κ3) is 7.21. The number of nitriles is 1. The maximum absolute atomic E-state index is 12.4. The number of halogens is 3. The van der Waals surface area contributed by atoms with E-state index in [1.807, 2.05) is 0 Å². The molecular formula is C28H29F3N10O2. The predicted octanol–water partition coefficient (Wildman–Crippen LogP) is 3.75. The Balaban J connectivity index is 1.27. The van der Waals surface area contributed by atoms with Crippen LogP contribution < -0.4 is 21.3 Å². The molecule has 224 valence electrons. The van der Waals surface area contributed by atoms with Gasteiger partial charge in [-0.2, -0.15) is 23.5 Å². The first-order chi connectivity index (χ1) is 20.6. The standard InChI is InChI=1S/C28H29F3N10O2/c29-28(30,31)15-36-25(42)39-22-3-1-2-19(8-22)23-14-34-24-9-20(13-38-41(23)24)21(10-33)12-37-27(6-7-32)16-40(17-27)26(43)35-11-18-4-5-18/h1-3,8-10,12-14,18,33,37H,4-6,11,15-17H2,(H,35,43)(H2,36,39,42)/b21-12+,33-10?. The lowest BCUT2D eigenvalue weighted by Gasteiger charge is -2.49. The predicted molar refractivity (Wildman–Crippen MR) is 152 cm³/mol. The molecule has 5 N–H and O–H groups in total. The Kier molecular flexibility index (Phi) is 8.20. The van der Waals surface area contributed by atoms with Crippen molar-refractivity contribution >= 4 is 35.2 Å². The average molecular weight is 595 g/mol. The average Bonchev–Trinajstić information content (AvgIpc) is 3.69. The lowest BCUT2D eigenvalue weighted by molar-refractivity contribution is -0.122. The largest absolute Gasteiger partial charge is 0.405 e. The monoisotopic (exact) mass is 594 g/mol. The SMILES string of the molecule is N#CCC1(N/C=C(\C=N)c2cnn3c(-c4cccc(NC(=O)NCC(F)(F)F)c4)cnc3c2)CN(C(=O)NCC2CC2)C1. The molecule has 0 atom stereocenters. The molecule has 0 unspecified atom stereocenters. The molecule has 2 aromatic heterocycles. The van der Waals surface area contributed by atoms with Gasteiger partial charge in [-0.15, -0.1) is 0 Å². The van der Waals surface area contributed by atoms with E-state index in [0.717, 1.165) is 19.1 Å². The molecule has 2 fully saturated rings. The van der Waals surface area contributed by atoms with Crippen LogP contribution in [0.25, 0.3) is 22.5 Å². The van der Waals surface area contributed by atoms with Crippen LogP contribution in [0.2, 0.25) is 0 Å². The van der Waals surface area contributed by atoms with Crippen molar-refractivity contribution in [3.8, 4) is 17.3 Å². The van der Waals surface area contributed by atoms with Gasteiger partial charge in [-0.05, 0) is 37.0 Å². The summed E-state index contributed by atoms with van der Waals surface area (Å²) in [6, 6.07) is 9.29. The fourth-order valence-corrected chi connectivity index (χ4v) is 4.68. The molecule has 12 nitrogen and oxygen atoms in total. The van der Waals surface area contributed by atoms with Gasteiger partial charge in [0, 0.05) is 54.4 Å². The number of alkyl halides is 3. The number of anilines is 1. The minimum atomic E-state index is -4.52. The molecule has 4 amide bonds. The summed E-state index contributed by atoms with van der Waals surface area (Å²) < 4.78 is 38.7. The van der Waals surface area contributed by atoms with E-state index in [-0.39, 0.29) is 18.1 Å². The summed E-state index contributed by atoms with van der Waals surface area (Å²) >= 11 is 0. The number of carbonyl (C=O) groups excluding carboxylic acids is 2. The number of amides is 4. The Morgan fingerprint density at radius 3 is 2.67 bits per heavy atom. The summed E-state index contributed by atoms with van der Waals surface area (Å²) in [6.07, 6.45) is 3.85. The lowest BCUT2D eigenvalue weighted by Crippen LogP contribution is -2.70. The summed E-state index contributed by atoms with van der Waals surface area (Å²) in [7, 11) is 0. The summed E-state index contributed by atoms with van der Waals surface area (Å²) in [6.45, 7) is -0.0635. The Morgan fingerprint density at radius 2 is 1.98 bits per heavy atom. The van der Waals surface area contributed by atoms with Gasteiger partial charge in [-0.3, -0.25) is 0 Å². The number of aromatic nitrogens is 3. The van der Waals surface area contributed by atoms with Gasteiger partial charge in [0.2, 0.25) is 0 Å². The van der Waals surface area contributed by atoms with Crippen LogP contribution in [0.3, 0.4) is 0 Å². The molecule has 1 aliphatic carbocycles. The second kappa shape index (κ2) is 12.0. The van der Waals surface area contributed by atoms with Crippen LogP contribution in [-0.2, 0) is 0 Å². The van der Waals surface area contributed by atoms with Gasteiger partial charge < -0.3 is 31.6 Å². The number of rotatable bonds is 10. The van der Waals surface area contributed by atoms with Crippen molar-refractivity contribution in [2.24, 2.45) is 5.92 Å². The smallest absolute Gasteiger partial charge is 0.380 e. The van der Waals surface area contributed by atoms with E-state index in [1.54, 1.807) is 63.7 Å². The van der Waals surface area contributed by atoms with E-state index in [2.05, 4.69) is 32.1 Å². The zero-order valence-corrected chi connectivity index (χ0v) is 22.9. The molecule has 0 spiro atoms. The number of carbonyl (C=O) groups is 2. The van der Waals surface area contributed by atoms with Gasteiger partial charge in [0.25, 0.3) is 0 Å². The molecule has 3 aromatic rings. The van der Waals surface area contributed by atoms with Gasteiger partial charge in [0.1, 0.15) is 6.54 Å². The van der Waals surface area contributed by atoms with Gasteiger partial charge in [0.05, 0.1) is 36.1 Å². The molecule has 3 heterocycles. The topological polar surface area (TPSA) is 163 Å². The van der Waals surface area contributed by atoms with Crippen LogP contribution in [0.1, 0.15) is 24.8 Å². The maximum atomic E-state index is 12.4. The fraction of sp³-hybridized carbons (Fsp3) is 0.357. The van der Waals surface area contributed by atoms with Crippen LogP contribution in [0.5, 0.6) is 0 Å². The molecule has 15 heteroatoms. The number of likely N-dealkylation sites (tertiary alicyclic amines) is 1. The number of fused-ring (bicyclic) bond motifs is 1. The first-order valence-corrected chi connectivity index (χ1v) is 13.5. The summed E-state index contributed by atoms with van der Waals surface area (Å²) in [4.78, 5) is 30.3. The highest BCUT2D eigenvalue weighted by molar-refractivity contribution is 6.08. The molecular weight excluding hydrogens is 565 g/mol. The molecule has 0 bridgehead atoms. The van der Waals surface area contributed by atoms with E-state index < -0.39 is 24.3 Å². The van der Waals surface area contributed by atoms with Gasteiger partial charge in [-0.1, -0.05) is 12.1 Å². The molecule has 5 rings (SSSR count). The van der Waals surface area contributed by atoms with Crippen LogP contribution in [0, 0.1) is 22.7 Å². The normalized spacial score (nSPS) is 16.1. The second-order valence-electron chi connectivity index (χ2n) is 10.7. The molecule has 1 aromatic carbocycles. The quantitative estimate of drug-likeness (QED) is 0.225. The van der Waals surface area contributed by atoms with Gasteiger partial charge >= 0.3 is 18.2 Å². The second-order valence-corrected chi connectivity index (χ2v) is 10.7. The number of urea groups is 2. The summed E-state index contributed by atoms with van der Waals surface area (Å²) in [5.41, 5.74) is 2.39. The molecule has 2 aliphatic rings. The Morgan fingerprint density at radius 1 is 1.19 bits per heavy atom. The Bertz CT molecular complexity index is 1600. The molecule has 43 heavy (non-hydrogen) atoms. The minimum absolute atomic E-state index is 0.144. The van der Waals surface area contributed by atoms with Crippen LogP contribution >= 0.6 is 0 Å². The zero-order valence-electron chi connectivity index (χ0n) is 22.9. The molecule has 1 aliphatic heterocycles. The number of hydrogen-bond acceptors (Lipinski definition) is 7. The van der Waals surface area contributed by atoms with Crippen LogP contribution in [0.15, 0.2) is 48.9 Å². The molecule has 1 saturated heterocycles. The third-order valence-corrected chi connectivity index (χ3v) is 7.18. The van der Waals surface area contributed by atoms with E-state index in [0.29, 0.717) is 53.6 Å². The van der Waals surface area contributed by atoms with E-state index in [1.165, 1.54) is 0 Å². The van der Waals surface area contributed by atoms with Crippen molar-refractivity contribution in [2.45, 2.75) is 31.0 Å². The van der Waals surface area contributed by atoms with Crippen molar-refractivity contribution in [2.75, 3.05) is 31.5 Å². The number of nitrogens with one attached hydrogen (secondary N) is 5. The number of hydrogen-bond donors (Lipinski definition) is 5. The number of benzene rings is 1. The highest BCUT2D eigenvalue weighted by atomic mass is 19.4. The highest BCUT2D eigenvalue weighted by Gasteiger charge is 2.45. The third-order valence-electron chi connectivity index (χ3n) is 7.18. The van der Waals surface area contributed by atoms with Gasteiger partial charge in [-0.25, -0.2) is 19.1 Å². The Hall–Kier alpha value is -5.13. The zero-order chi connectivity index (χ0) is 30.6. The first kappa shape index (κ1) is 29.4. The fourth-order valence-electron chi connectivity index (χ4n) is 4.68. The van der Waals surface area contributed by atoms with Crippen molar-refractivity contribution in [3.63, 3.8) is 0 Å². The van der Waals surface area contributed by atoms with E-state index >= 15 is 0 Å². The minimum Gasteiger partial charge on any atom is -0.380 e. The number of nitrogens with zero attached hydrogens (tertiary/aromatic N) is 5. The summed E-state index contributed by atoms with van der Waals surface area (Å²) in [5.74, 6) is 0.567. The van der Waals surface area contributed by atoms with Crippen molar-refractivity contribution < 1.29 is 22.8 Å². The van der Waals surface area contributed by atoms with Gasteiger partial charge in [0.15, 0.2) is 5.65 Å². The van der Waals surface area contributed by atoms with Crippen LogP contribution in [0.4, 0.5) is 28.4 Å².